The molecule has 0 aliphatic carbocycles. The number of hydrogen-bond donors (Lipinski definition) is 1. The quantitative estimate of drug-likeness (QED) is 0.521. The number of para-hydroxylation sites is 3. The van der Waals surface area contributed by atoms with Crippen LogP contribution in [-0.2, 0) is 19.5 Å². The summed E-state index contributed by atoms with van der Waals surface area (Å²) in [7, 11) is 0. The van der Waals surface area contributed by atoms with Crippen LogP contribution in [0.1, 0.15) is 17.0 Å². The van der Waals surface area contributed by atoms with Crippen molar-refractivity contribution in [3.63, 3.8) is 0 Å². The minimum atomic E-state index is 0.700. The zero-order valence-electron chi connectivity index (χ0n) is 15.9. The molecular formula is C23H20N6. The van der Waals surface area contributed by atoms with Crippen LogP contribution in [-0.4, -0.2) is 30.9 Å². The minimum Gasteiger partial charge on any atom is -0.324 e. The summed E-state index contributed by atoms with van der Waals surface area (Å²) in [4.78, 5) is 9.40. The van der Waals surface area contributed by atoms with Crippen LogP contribution in [0.2, 0.25) is 0 Å². The fourth-order valence-electron chi connectivity index (χ4n) is 4.20. The number of nitrogens with zero attached hydrogens (tertiary/aromatic N) is 5. The van der Waals surface area contributed by atoms with Gasteiger partial charge < -0.3 is 9.88 Å². The first kappa shape index (κ1) is 16.4. The Morgan fingerprint density at radius 2 is 1.79 bits per heavy atom. The lowest BCUT2D eigenvalue weighted by molar-refractivity contribution is 0.619. The van der Waals surface area contributed by atoms with Crippen molar-refractivity contribution in [2.45, 2.75) is 19.5 Å². The maximum atomic E-state index is 5.02. The second-order valence-corrected chi connectivity index (χ2v) is 7.43. The number of nitrogens with one attached hydrogen (secondary N) is 1. The molecule has 6 heteroatoms. The minimum absolute atomic E-state index is 0.700. The molecule has 0 amide bonds. The summed E-state index contributed by atoms with van der Waals surface area (Å²) < 4.78 is 4.21. The van der Waals surface area contributed by atoms with Gasteiger partial charge in [-0.05, 0) is 30.3 Å². The number of benzene rings is 2. The van der Waals surface area contributed by atoms with Crippen molar-refractivity contribution in [2.75, 3.05) is 6.54 Å². The Balaban J connectivity index is 1.47. The lowest BCUT2D eigenvalue weighted by atomic mass is 10.1. The van der Waals surface area contributed by atoms with Crippen LogP contribution in [0.4, 0.5) is 0 Å². The molecule has 4 heterocycles. The molecule has 3 aromatic heterocycles. The van der Waals surface area contributed by atoms with Gasteiger partial charge in [-0.25, -0.2) is 14.6 Å². The predicted octanol–water partition coefficient (Wildman–Crippen LogP) is 3.46. The average Bonchev–Trinajstić information content (AvgIpc) is 3.36. The van der Waals surface area contributed by atoms with Crippen molar-refractivity contribution in [3.8, 4) is 5.82 Å². The van der Waals surface area contributed by atoms with Crippen molar-refractivity contribution in [3.05, 3.63) is 83.9 Å². The van der Waals surface area contributed by atoms with E-state index in [9.17, 15) is 0 Å². The van der Waals surface area contributed by atoms with Gasteiger partial charge in [0.2, 0.25) is 0 Å². The van der Waals surface area contributed by atoms with Crippen LogP contribution in [0.15, 0.2) is 67.0 Å². The highest BCUT2D eigenvalue weighted by atomic mass is 15.3. The van der Waals surface area contributed by atoms with E-state index in [1.807, 2.05) is 35.3 Å². The summed E-state index contributed by atoms with van der Waals surface area (Å²) in [5.41, 5.74) is 6.74. The highest BCUT2D eigenvalue weighted by molar-refractivity contribution is 5.79. The molecule has 0 radical (unpaired) electrons. The molecule has 0 saturated carbocycles. The first-order chi connectivity index (χ1) is 14.4. The van der Waals surface area contributed by atoms with E-state index in [1.54, 1.807) is 0 Å². The second kappa shape index (κ2) is 6.53. The molecule has 5 aromatic rings. The lowest BCUT2D eigenvalue weighted by Gasteiger charge is -2.15. The molecule has 6 nitrogen and oxygen atoms in total. The van der Waals surface area contributed by atoms with Gasteiger partial charge >= 0.3 is 0 Å². The van der Waals surface area contributed by atoms with E-state index in [0.717, 1.165) is 53.0 Å². The zero-order valence-corrected chi connectivity index (χ0v) is 15.9. The fourth-order valence-corrected chi connectivity index (χ4v) is 4.20. The number of fused-ring (bicyclic) bond motifs is 3. The largest absolute Gasteiger partial charge is 0.324 e. The third-order valence-electron chi connectivity index (χ3n) is 5.66. The van der Waals surface area contributed by atoms with E-state index in [0.29, 0.717) is 6.54 Å². The van der Waals surface area contributed by atoms with E-state index >= 15 is 0 Å². The summed E-state index contributed by atoms with van der Waals surface area (Å²) >= 11 is 0. The van der Waals surface area contributed by atoms with Crippen LogP contribution in [0.5, 0.6) is 0 Å². The van der Waals surface area contributed by atoms with Crippen LogP contribution < -0.4 is 5.32 Å². The number of rotatable bonds is 3. The third kappa shape index (κ3) is 2.72. The first-order valence-corrected chi connectivity index (χ1v) is 9.93. The van der Waals surface area contributed by atoms with Gasteiger partial charge in [0, 0.05) is 30.5 Å². The monoisotopic (exact) mass is 380 g/mol. The molecule has 1 aliphatic heterocycles. The molecule has 0 unspecified atom stereocenters. The molecule has 0 atom stereocenters. The van der Waals surface area contributed by atoms with Gasteiger partial charge in [0.05, 0.1) is 40.8 Å². The van der Waals surface area contributed by atoms with Gasteiger partial charge in [0.1, 0.15) is 0 Å². The molecule has 1 N–H and O–H groups in total. The molecule has 0 fully saturated rings. The maximum absolute atomic E-state index is 5.02. The highest BCUT2D eigenvalue weighted by Gasteiger charge is 2.22. The van der Waals surface area contributed by atoms with Crippen molar-refractivity contribution >= 4 is 21.9 Å². The zero-order chi connectivity index (χ0) is 19.2. The predicted molar refractivity (Wildman–Crippen MR) is 113 cm³/mol. The van der Waals surface area contributed by atoms with Crippen molar-refractivity contribution in [1.29, 1.82) is 0 Å². The molecule has 2 aromatic carbocycles. The Hall–Kier alpha value is -3.51. The molecule has 1 aliphatic rings. The summed E-state index contributed by atoms with van der Waals surface area (Å²) in [6, 6.07) is 20.6. The standard InChI is InChI=1S/C23H20N6/c1-2-6-18-16(5-1)9-10-23(26-18)29-21-11-12-24-13-17(21)20(27-29)14-28-15-25-19-7-3-4-8-22(19)28/h1-10,15,24H,11-14H2. The van der Waals surface area contributed by atoms with Gasteiger partial charge in [-0.1, -0.05) is 30.3 Å². The Kier molecular flexibility index (Phi) is 3.70. The summed E-state index contributed by atoms with van der Waals surface area (Å²) in [5.74, 6) is 0.878. The molecular weight excluding hydrogens is 360 g/mol. The summed E-state index contributed by atoms with van der Waals surface area (Å²) in [5, 5.41) is 9.65. The molecule has 29 heavy (non-hydrogen) atoms. The van der Waals surface area contributed by atoms with Crippen molar-refractivity contribution in [2.24, 2.45) is 0 Å². The van der Waals surface area contributed by atoms with Gasteiger partial charge in [-0.2, -0.15) is 5.10 Å². The fraction of sp³-hybridized carbons (Fsp3) is 0.174. The molecule has 0 bridgehead atoms. The second-order valence-electron chi connectivity index (χ2n) is 7.43. The number of hydrogen-bond acceptors (Lipinski definition) is 4. The Morgan fingerprint density at radius 3 is 2.76 bits per heavy atom. The summed E-state index contributed by atoms with van der Waals surface area (Å²) in [6.45, 7) is 2.50. The SMILES string of the molecule is c1ccc2nc(-n3nc(Cn4cnc5ccccc54)c4c3CCNC4)ccc2c1. The smallest absolute Gasteiger partial charge is 0.154 e. The maximum Gasteiger partial charge on any atom is 0.154 e. The van der Waals surface area contributed by atoms with Gasteiger partial charge in [-0.3, -0.25) is 0 Å². The number of aromatic nitrogens is 5. The van der Waals surface area contributed by atoms with Crippen LogP contribution >= 0.6 is 0 Å². The number of imidazole rings is 1. The van der Waals surface area contributed by atoms with E-state index < -0.39 is 0 Å². The van der Waals surface area contributed by atoms with Gasteiger partial charge in [0.25, 0.3) is 0 Å². The first-order valence-electron chi connectivity index (χ1n) is 9.93. The van der Waals surface area contributed by atoms with Gasteiger partial charge in [0.15, 0.2) is 5.82 Å². The van der Waals surface area contributed by atoms with Crippen molar-refractivity contribution in [1.82, 2.24) is 29.6 Å². The van der Waals surface area contributed by atoms with E-state index in [-0.39, 0.29) is 0 Å². The summed E-state index contributed by atoms with van der Waals surface area (Å²) in [6.07, 6.45) is 2.85. The average molecular weight is 380 g/mol. The van der Waals surface area contributed by atoms with Crippen LogP contribution in [0, 0.1) is 0 Å². The normalized spacial score (nSPS) is 13.8. The lowest BCUT2D eigenvalue weighted by Crippen LogP contribution is -2.25. The topological polar surface area (TPSA) is 60.6 Å². The van der Waals surface area contributed by atoms with Gasteiger partial charge in [-0.15, -0.1) is 0 Å². The Bertz CT molecular complexity index is 1350. The molecule has 6 rings (SSSR count). The van der Waals surface area contributed by atoms with Crippen LogP contribution in [0.25, 0.3) is 27.8 Å². The van der Waals surface area contributed by atoms with E-state index in [2.05, 4.69) is 51.3 Å². The molecule has 0 spiro atoms. The van der Waals surface area contributed by atoms with E-state index in [1.165, 1.54) is 11.3 Å². The highest BCUT2D eigenvalue weighted by Crippen LogP contribution is 2.24. The Labute approximate surface area is 167 Å². The molecule has 0 saturated heterocycles. The van der Waals surface area contributed by atoms with Crippen molar-refractivity contribution < 1.29 is 0 Å². The van der Waals surface area contributed by atoms with Crippen LogP contribution in [0.3, 0.4) is 0 Å². The molecule has 142 valence electrons. The van der Waals surface area contributed by atoms with E-state index in [4.69, 9.17) is 10.1 Å². The Morgan fingerprint density at radius 1 is 0.931 bits per heavy atom. The third-order valence-corrected chi connectivity index (χ3v) is 5.66. The number of pyridine rings is 1.